The highest BCUT2D eigenvalue weighted by molar-refractivity contribution is 5.95. The van der Waals surface area contributed by atoms with Gasteiger partial charge in [-0.3, -0.25) is 4.79 Å². The molecule has 0 saturated carbocycles. The van der Waals surface area contributed by atoms with E-state index in [1.807, 2.05) is 38.1 Å². The Hall–Kier alpha value is -1.55. The summed E-state index contributed by atoms with van der Waals surface area (Å²) in [4.78, 5) is 11.8. The van der Waals surface area contributed by atoms with Crippen LogP contribution in [-0.2, 0) is 4.74 Å². The second kappa shape index (κ2) is 7.71. The maximum Gasteiger partial charge on any atom is 0.251 e. The number of hydrogen-bond acceptors (Lipinski definition) is 3. The third kappa shape index (κ3) is 4.75. The van der Waals surface area contributed by atoms with Crippen LogP contribution < -0.4 is 10.6 Å². The Balaban J connectivity index is 2.64. The number of carbonyl (C=O) groups excluding carboxylic acids is 1. The van der Waals surface area contributed by atoms with Crippen LogP contribution in [0.5, 0.6) is 0 Å². The Kier molecular flexibility index (Phi) is 6.22. The van der Waals surface area contributed by atoms with E-state index in [2.05, 4.69) is 10.6 Å². The zero-order valence-corrected chi connectivity index (χ0v) is 11.3. The first-order chi connectivity index (χ1) is 8.67. The molecular formula is C14H22N2O2. The number of amides is 1. The fourth-order valence-electron chi connectivity index (χ4n) is 1.67. The van der Waals surface area contributed by atoms with Gasteiger partial charge in [-0.1, -0.05) is 13.0 Å². The van der Waals surface area contributed by atoms with E-state index < -0.39 is 0 Å². The Bertz CT molecular complexity index is 380. The molecule has 0 aliphatic rings. The van der Waals surface area contributed by atoms with E-state index in [0.29, 0.717) is 18.7 Å². The fourth-order valence-corrected chi connectivity index (χ4v) is 1.67. The van der Waals surface area contributed by atoms with Crippen molar-refractivity contribution in [2.24, 2.45) is 0 Å². The van der Waals surface area contributed by atoms with Gasteiger partial charge in [-0.15, -0.1) is 0 Å². The summed E-state index contributed by atoms with van der Waals surface area (Å²) in [6, 6.07) is 7.71. The number of hydrogen-bond donors (Lipinski definition) is 2. The van der Waals surface area contributed by atoms with Crippen molar-refractivity contribution in [1.82, 2.24) is 5.32 Å². The number of methoxy groups -OCH3 is 1. The van der Waals surface area contributed by atoms with Crippen LogP contribution in [0.15, 0.2) is 24.3 Å². The molecule has 0 fully saturated rings. The van der Waals surface area contributed by atoms with E-state index in [1.165, 1.54) is 0 Å². The summed E-state index contributed by atoms with van der Waals surface area (Å²) in [5, 5.41) is 6.15. The lowest BCUT2D eigenvalue weighted by Crippen LogP contribution is -2.24. The van der Waals surface area contributed by atoms with Crippen LogP contribution in [0.3, 0.4) is 0 Å². The molecule has 1 atom stereocenters. The van der Waals surface area contributed by atoms with Gasteiger partial charge in [-0.25, -0.2) is 0 Å². The van der Waals surface area contributed by atoms with E-state index in [9.17, 15) is 4.79 Å². The van der Waals surface area contributed by atoms with Crippen molar-refractivity contribution in [2.45, 2.75) is 26.3 Å². The molecule has 1 unspecified atom stereocenters. The first-order valence-electron chi connectivity index (χ1n) is 6.31. The molecule has 100 valence electrons. The lowest BCUT2D eigenvalue weighted by molar-refractivity contribution is 0.0953. The first-order valence-corrected chi connectivity index (χ1v) is 6.31. The van der Waals surface area contributed by atoms with Crippen LogP contribution in [0.4, 0.5) is 5.69 Å². The number of nitrogens with one attached hydrogen (secondary N) is 2. The predicted octanol–water partition coefficient (Wildman–Crippen LogP) is 2.27. The van der Waals surface area contributed by atoms with Crippen molar-refractivity contribution in [1.29, 1.82) is 0 Å². The summed E-state index contributed by atoms with van der Waals surface area (Å²) in [6.07, 6.45) is 0.939. The number of ether oxygens (including phenoxy) is 1. The molecule has 1 amide bonds. The lowest BCUT2D eigenvalue weighted by atomic mass is 10.1. The third-order valence-electron chi connectivity index (χ3n) is 2.49. The van der Waals surface area contributed by atoms with E-state index in [4.69, 9.17) is 4.74 Å². The standard InChI is InChI=1S/C14H22N2O2/c1-4-8-15-14(17)12-6-5-7-13(9-12)16-11(2)10-18-3/h5-7,9,11,16H,4,8,10H2,1-3H3,(H,15,17). The van der Waals surface area contributed by atoms with Crippen molar-refractivity contribution in [2.75, 3.05) is 25.6 Å². The van der Waals surface area contributed by atoms with Crippen molar-refractivity contribution >= 4 is 11.6 Å². The molecule has 0 spiro atoms. The molecular weight excluding hydrogens is 228 g/mol. The molecule has 1 aromatic carbocycles. The minimum atomic E-state index is -0.0279. The van der Waals surface area contributed by atoms with Crippen LogP contribution in [0.25, 0.3) is 0 Å². The van der Waals surface area contributed by atoms with Crippen LogP contribution >= 0.6 is 0 Å². The Labute approximate surface area is 109 Å². The zero-order chi connectivity index (χ0) is 13.4. The van der Waals surface area contributed by atoms with Gasteiger partial charge in [-0.05, 0) is 31.5 Å². The van der Waals surface area contributed by atoms with E-state index >= 15 is 0 Å². The second-order valence-corrected chi connectivity index (χ2v) is 4.34. The highest BCUT2D eigenvalue weighted by Gasteiger charge is 2.06. The topological polar surface area (TPSA) is 50.4 Å². The van der Waals surface area contributed by atoms with Crippen LogP contribution in [0.2, 0.25) is 0 Å². The van der Waals surface area contributed by atoms with Gasteiger partial charge in [0, 0.05) is 30.9 Å². The minimum absolute atomic E-state index is 0.0279. The van der Waals surface area contributed by atoms with Crippen molar-refractivity contribution < 1.29 is 9.53 Å². The van der Waals surface area contributed by atoms with Crippen molar-refractivity contribution in [3.8, 4) is 0 Å². The molecule has 0 radical (unpaired) electrons. The average molecular weight is 250 g/mol. The summed E-state index contributed by atoms with van der Waals surface area (Å²) in [6.45, 7) is 5.40. The molecule has 0 bridgehead atoms. The molecule has 0 saturated heterocycles. The molecule has 2 N–H and O–H groups in total. The van der Waals surface area contributed by atoms with Gasteiger partial charge in [0.1, 0.15) is 0 Å². The molecule has 4 nitrogen and oxygen atoms in total. The minimum Gasteiger partial charge on any atom is -0.383 e. The fraction of sp³-hybridized carbons (Fsp3) is 0.500. The monoisotopic (exact) mass is 250 g/mol. The summed E-state index contributed by atoms with van der Waals surface area (Å²) in [5.41, 5.74) is 1.61. The lowest BCUT2D eigenvalue weighted by Gasteiger charge is -2.14. The normalized spacial score (nSPS) is 11.9. The molecule has 1 aromatic rings. The molecule has 18 heavy (non-hydrogen) atoms. The number of carbonyl (C=O) groups is 1. The Morgan fingerprint density at radius 3 is 2.89 bits per heavy atom. The maximum absolute atomic E-state index is 11.8. The maximum atomic E-state index is 11.8. The predicted molar refractivity (Wildman–Crippen MR) is 74.0 cm³/mol. The highest BCUT2D eigenvalue weighted by atomic mass is 16.5. The van der Waals surface area contributed by atoms with Crippen molar-refractivity contribution in [3.05, 3.63) is 29.8 Å². The average Bonchev–Trinajstić information content (AvgIpc) is 2.36. The first kappa shape index (κ1) is 14.5. The number of benzene rings is 1. The molecule has 0 aliphatic carbocycles. The number of anilines is 1. The Morgan fingerprint density at radius 2 is 2.22 bits per heavy atom. The van der Waals surface area contributed by atoms with Gasteiger partial charge < -0.3 is 15.4 Å². The molecule has 0 aromatic heterocycles. The summed E-state index contributed by atoms with van der Waals surface area (Å²) in [7, 11) is 1.67. The van der Waals surface area contributed by atoms with Crippen LogP contribution in [0, 0.1) is 0 Å². The smallest absolute Gasteiger partial charge is 0.251 e. The quantitative estimate of drug-likeness (QED) is 0.780. The second-order valence-electron chi connectivity index (χ2n) is 4.34. The van der Waals surface area contributed by atoms with Gasteiger partial charge in [0.15, 0.2) is 0 Å². The third-order valence-corrected chi connectivity index (χ3v) is 2.49. The van der Waals surface area contributed by atoms with Crippen molar-refractivity contribution in [3.63, 3.8) is 0 Å². The molecule has 1 rings (SSSR count). The summed E-state index contributed by atoms with van der Waals surface area (Å²) < 4.78 is 5.06. The molecule has 4 heteroatoms. The Morgan fingerprint density at radius 1 is 1.44 bits per heavy atom. The SMILES string of the molecule is CCCNC(=O)c1cccc(NC(C)COC)c1. The number of rotatable bonds is 7. The van der Waals surface area contributed by atoms with Gasteiger partial charge in [0.2, 0.25) is 0 Å². The largest absolute Gasteiger partial charge is 0.383 e. The summed E-state index contributed by atoms with van der Waals surface area (Å²) in [5.74, 6) is -0.0279. The van der Waals surface area contributed by atoms with Gasteiger partial charge >= 0.3 is 0 Å². The van der Waals surface area contributed by atoms with Gasteiger partial charge in [0.25, 0.3) is 5.91 Å². The van der Waals surface area contributed by atoms with E-state index in [0.717, 1.165) is 12.1 Å². The van der Waals surface area contributed by atoms with Crippen LogP contribution in [-0.4, -0.2) is 32.2 Å². The van der Waals surface area contributed by atoms with Crippen LogP contribution in [0.1, 0.15) is 30.6 Å². The summed E-state index contributed by atoms with van der Waals surface area (Å²) >= 11 is 0. The van der Waals surface area contributed by atoms with Gasteiger partial charge in [0.05, 0.1) is 6.61 Å². The zero-order valence-electron chi connectivity index (χ0n) is 11.3. The van der Waals surface area contributed by atoms with E-state index in [1.54, 1.807) is 7.11 Å². The molecule has 0 heterocycles. The molecule has 0 aliphatic heterocycles. The highest BCUT2D eigenvalue weighted by Crippen LogP contribution is 2.12. The van der Waals surface area contributed by atoms with Gasteiger partial charge in [-0.2, -0.15) is 0 Å². The van der Waals surface area contributed by atoms with E-state index in [-0.39, 0.29) is 11.9 Å².